The lowest BCUT2D eigenvalue weighted by Gasteiger charge is -2.13. The molecule has 0 saturated carbocycles. The van der Waals surface area contributed by atoms with Gasteiger partial charge in [-0.05, 0) is 19.1 Å². The number of rotatable bonds is 6. The first-order chi connectivity index (χ1) is 13.6. The fourth-order valence-electron chi connectivity index (χ4n) is 2.63. The predicted molar refractivity (Wildman–Crippen MR) is 110 cm³/mol. The summed E-state index contributed by atoms with van der Waals surface area (Å²) in [6.07, 6.45) is 0. The molecule has 5 heteroatoms. The largest absolute Gasteiger partial charge is 0.340 e. The van der Waals surface area contributed by atoms with Crippen molar-refractivity contribution in [1.82, 2.24) is 10.7 Å². The van der Waals surface area contributed by atoms with E-state index in [1.807, 2.05) is 66.7 Å². The van der Waals surface area contributed by atoms with Gasteiger partial charge in [-0.2, -0.15) is 5.10 Å². The molecular formula is C23H21N3O2. The number of benzene rings is 3. The van der Waals surface area contributed by atoms with Crippen molar-refractivity contribution in [2.24, 2.45) is 5.10 Å². The minimum atomic E-state index is -0.732. The first-order valence-electron chi connectivity index (χ1n) is 8.99. The molecule has 0 aliphatic carbocycles. The van der Waals surface area contributed by atoms with Crippen LogP contribution >= 0.6 is 0 Å². The van der Waals surface area contributed by atoms with Crippen molar-refractivity contribution in [2.45, 2.75) is 13.0 Å². The maximum absolute atomic E-state index is 12.4. The fraction of sp³-hybridized carbons (Fsp3) is 0.0870. The molecule has 0 bridgehead atoms. The van der Waals surface area contributed by atoms with Gasteiger partial charge in [-0.3, -0.25) is 9.59 Å². The van der Waals surface area contributed by atoms with Crippen molar-refractivity contribution in [3.05, 3.63) is 108 Å². The Morgan fingerprint density at radius 3 is 1.61 bits per heavy atom. The smallest absolute Gasteiger partial charge is 0.262 e. The summed E-state index contributed by atoms with van der Waals surface area (Å²) in [5.41, 5.74) is 5.49. The van der Waals surface area contributed by atoms with Crippen LogP contribution in [0.4, 0.5) is 0 Å². The number of amides is 2. The van der Waals surface area contributed by atoms with Gasteiger partial charge in [-0.15, -0.1) is 0 Å². The summed E-state index contributed by atoms with van der Waals surface area (Å²) < 4.78 is 0. The highest BCUT2D eigenvalue weighted by molar-refractivity contribution is 6.13. The third kappa shape index (κ3) is 4.92. The Morgan fingerprint density at radius 2 is 1.14 bits per heavy atom. The molecule has 2 amide bonds. The average Bonchev–Trinajstić information content (AvgIpc) is 2.76. The van der Waals surface area contributed by atoms with Crippen molar-refractivity contribution >= 4 is 17.5 Å². The molecule has 28 heavy (non-hydrogen) atoms. The maximum atomic E-state index is 12.4. The van der Waals surface area contributed by atoms with Crippen LogP contribution in [0.2, 0.25) is 0 Å². The Hall–Kier alpha value is -3.73. The normalized spacial score (nSPS) is 11.2. The number of hydrazone groups is 1. The van der Waals surface area contributed by atoms with Gasteiger partial charge in [0.05, 0.1) is 5.71 Å². The third-order valence-electron chi connectivity index (χ3n) is 4.15. The van der Waals surface area contributed by atoms with Gasteiger partial charge in [-0.25, -0.2) is 5.43 Å². The summed E-state index contributed by atoms with van der Waals surface area (Å²) in [5, 5.41) is 7.01. The molecule has 0 heterocycles. The molecule has 5 nitrogen and oxygen atoms in total. The fourth-order valence-corrected chi connectivity index (χ4v) is 2.63. The van der Waals surface area contributed by atoms with Crippen molar-refractivity contribution in [1.29, 1.82) is 0 Å². The molecule has 0 saturated heterocycles. The van der Waals surface area contributed by atoms with Gasteiger partial charge in [0.25, 0.3) is 11.8 Å². The average molecular weight is 371 g/mol. The number of carbonyl (C=O) groups excluding carboxylic acids is 2. The zero-order valence-electron chi connectivity index (χ0n) is 15.5. The summed E-state index contributed by atoms with van der Waals surface area (Å²) in [5.74, 6) is -0.702. The van der Waals surface area contributed by atoms with E-state index in [9.17, 15) is 9.59 Å². The molecule has 0 spiro atoms. The zero-order valence-corrected chi connectivity index (χ0v) is 15.5. The van der Waals surface area contributed by atoms with Gasteiger partial charge in [0, 0.05) is 16.7 Å². The maximum Gasteiger partial charge on any atom is 0.262 e. The summed E-state index contributed by atoms with van der Waals surface area (Å²) in [7, 11) is 0. The second kappa shape index (κ2) is 9.28. The van der Waals surface area contributed by atoms with E-state index >= 15 is 0 Å². The number of nitrogens with one attached hydrogen (secondary N) is 2. The molecule has 1 atom stereocenters. The van der Waals surface area contributed by atoms with Gasteiger partial charge in [0.2, 0.25) is 0 Å². The van der Waals surface area contributed by atoms with Gasteiger partial charge in [0.1, 0.15) is 6.04 Å². The van der Waals surface area contributed by atoms with Crippen molar-refractivity contribution in [2.75, 3.05) is 0 Å². The summed E-state index contributed by atoms with van der Waals surface area (Å²) >= 11 is 0. The van der Waals surface area contributed by atoms with Gasteiger partial charge in [0.15, 0.2) is 0 Å². The minimum Gasteiger partial charge on any atom is -0.340 e. The molecule has 0 fully saturated rings. The van der Waals surface area contributed by atoms with E-state index in [0.717, 1.165) is 11.1 Å². The SMILES string of the molecule is CC(NC(=O)c1ccccc1)C(=O)NN=C(c1ccccc1)c1ccccc1. The Morgan fingerprint density at radius 1 is 0.714 bits per heavy atom. The number of nitrogens with zero attached hydrogens (tertiary/aromatic N) is 1. The number of hydrogen-bond acceptors (Lipinski definition) is 3. The lowest BCUT2D eigenvalue weighted by molar-refractivity contribution is -0.122. The van der Waals surface area contributed by atoms with E-state index < -0.39 is 11.9 Å². The molecule has 0 aliphatic rings. The van der Waals surface area contributed by atoms with Crippen LogP contribution in [0.1, 0.15) is 28.4 Å². The highest BCUT2D eigenvalue weighted by atomic mass is 16.2. The second-order valence-electron chi connectivity index (χ2n) is 6.23. The van der Waals surface area contributed by atoms with Gasteiger partial charge in [-0.1, -0.05) is 78.9 Å². The van der Waals surface area contributed by atoms with Gasteiger partial charge < -0.3 is 5.32 Å². The molecule has 2 N–H and O–H groups in total. The van der Waals surface area contributed by atoms with E-state index in [0.29, 0.717) is 11.3 Å². The first kappa shape index (κ1) is 19.0. The van der Waals surface area contributed by atoms with Crippen LogP contribution in [-0.4, -0.2) is 23.6 Å². The third-order valence-corrected chi connectivity index (χ3v) is 4.15. The van der Waals surface area contributed by atoms with Crippen LogP contribution in [0.15, 0.2) is 96.1 Å². The summed E-state index contributed by atoms with van der Waals surface area (Å²) in [6.45, 7) is 1.62. The second-order valence-corrected chi connectivity index (χ2v) is 6.23. The molecule has 3 rings (SSSR count). The molecule has 3 aromatic rings. The van der Waals surface area contributed by atoms with Crippen molar-refractivity contribution < 1.29 is 9.59 Å². The van der Waals surface area contributed by atoms with Gasteiger partial charge >= 0.3 is 0 Å². The first-order valence-corrected chi connectivity index (χ1v) is 8.99. The van der Waals surface area contributed by atoms with Crippen LogP contribution in [0, 0.1) is 0 Å². The Bertz CT molecular complexity index is 913. The predicted octanol–water partition coefficient (Wildman–Crippen LogP) is 3.37. The molecule has 0 aliphatic heterocycles. The number of hydrogen-bond donors (Lipinski definition) is 2. The monoisotopic (exact) mass is 371 g/mol. The number of carbonyl (C=O) groups is 2. The Labute approximate surface area is 164 Å². The highest BCUT2D eigenvalue weighted by Gasteiger charge is 2.17. The standard InChI is InChI=1S/C23H21N3O2/c1-17(24-23(28)20-15-9-4-10-16-20)22(27)26-25-21(18-11-5-2-6-12-18)19-13-7-3-8-14-19/h2-17H,1H3,(H,24,28)(H,26,27). The van der Waals surface area contributed by atoms with Crippen LogP contribution < -0.4 is 10.7 Å². The minimum absolute atomic E-state index is 0.307. The lowest BCUT2D eigenvalue weighted by atomic mass is 10.0. The van der Waals surface area contributed by atoms with Crippen LogP contribution in [0.5, 0.6) is 0 Å². The summed E-state index contributed by atoms with van der Waals surface area (Å²) in [4.78, 5) is 24.7. The van der Waals surface area contributed by atoms with E-state index in [-0.39, 0.29) is 5.91 Å². The Balaban J connectivity index is 1.73. The van der Waals surface area contributed by atoms with E-state index in [1.165, 1.54) is 0 Å². The van der Waals surface area contributed by atoms with Crippen LogP contribution in [-0.2, 0) is 4.79 Å². The molecule has 3 aromatic carbocycles. The zero-order chi connectivity index (χ0) is 19.8. The molecule has 0 radical (unpaired) electrons. The molecule has 1 unspecified atom stereocenters. The quantitative estimate of drug-likeness (QED) is 0.515. The van der Waals surface area contributed by atoms with Crippen LogP contribution in [0.3, 0.4) is 0 Å². The molecule has 0 aromatic heterocycles. The van der Waals surface area contributed by atoms with Crippen LogP contribution in [0.25, 0.3) is 0 Å². The lowest BCUT2D eigenvalue weighted by Crippen LogP contribution is -2.43. The van der Waals surface area contributed by atoms with E-state index in [4.69, 9.17) is 0 Å². The van der Waals surface area contributed by atoms with Crippen molar-refractivity contribution in [3.8, 4) is 0 Å². The summed E-state index contributed by atoms with van der Waals surface area (Å²) in [6, 6.07) is 27.3. The van der Waals surface area contributed by atoms with E-state index in [1.54, 1.807) is 31.2 Å². The Kier molecular flexibility index (Phi) is 6.31. The topological polar surface area (TPSA) is 70.6 Å². The molecular weight excluding hydrogens is 350 g/mol. The van der Waals surface area contributed by atoms with E-state index in [2.05, 4.69) is 15.8 Å². The van der Waals surface area contributed by atoms with Crippen molar-refractivity contribution in [3.63, 3.8) is 0 Å². The highest BCUT2D eigenvalue weighted by Crippen LogP contribution is 2.10. The molecule has 140 valence electrons.